The first-order valence-electron chi connectivity index (χ1n) is 8.52. The molecule has 3 rings (SSSR count). The molecule has 0 fully saturated rings. The van der Waals surface area contributed by atoms with E-state index in [1.54, 1.807) is 7.05 Å². The highest BCUT2D eigenvalue weighted by atomic mass is 16.2. The lowest BCUT2D eigenvalue weighted by atomic mass is 10.1. The van der Waals surface area contributed by atoms with Crippen LogP contribution >= 0.6 is 0 Å². The Morgan fingerprint density at radius 2 is 2.04 bits per heavy atom. The zero-order valence-corrected chi connectivity index (χ0v) is 14.9. The van der Waals surface area contributed by atoms with Crippen LogP contribution in [-0.2, 0) is 20.1 Å². The molecule has 1 aliphatic heterocycles. The third-order valence-corrected chi connectivity index (χ3v) is 4.99. The third-order valence-electron chi connectivity index (χ3n) is 4.99. The van der Waals surface area contributed by atoms with Crippen LogP contribution in [0, 0.1) is 0 Å². The summed E-state index contributed by atoms with van der Waals surface area (Å²) in [6.45, 7) is 4.11. The lowest BCUT2D eigenvalue weighted by Crippen LogP contribution is -2.39. The molecule has 0 saturated carbocycles. The molecule has 1 atom stereocenters. The lowest BCUT2D eigenvalue weighted by Gasteiger charge is -2.19. The van der Waals surface area contributed by atoms with Crippen LogP contribution in [0.25, 0.3) is 11.2 Å². The lowest BCUT2D eigenvalue weighted by molar-refractivity contribution is 0.290. The van der Waals surface area contributed by atoms with Crippen molar-refractivity contribution in [3.8, 4) is 0 Å². The molecular weight excluding hydrogens is 308 g/mol. The molecule has 24 heavy (non-hydrogen) atoms. The number of hydrogen-bond donors (Lipinski definition) is 1. The van der Waals surface area contributed by atoms with Crippen molar-refractivity contribution in [3.63, 3.8) is 0 Å². The minimum atomic E-state index is -0.287. The highest BCUT2D eigenvalue weighted by molar-refractivity contribution is 5.74. The van der Waals surface area contributed by atoms with Crippen LogP contribution in [0.2, 0.25) is 0 Å². The molecule has 0 saturated heterocycles. The number of fused-ring (bicyclic) bond motifs is 3. The van der Waals surface area contributed by atoms with Gasteiger partial charge in [-0.25, -0.2) is 4.79 Å². The summed E-state index contributed by atoms with van der Waals surface area (Å²) >= 11 is 0. The van der Waals surface area contributed by atoms with Crippen LogP contribution in [0.15, 0.2) is 9.59 Å². The van der Waals surface area contributed by atoms with Gasteiger partial charge >= 0.3 is 5.69 Å². The smallest absolute Gasteiger partial charge is 0.332 e. The molecule has 2 aromatic heterocycles. The average molecular weight is 334 g/mol. The average Bonchev–Trinajstić information content (AvgIpc) is 3.12. The number of rotatable bonds is 6. The van der Waals surface area contributed by atoms with Crippen LogP contribution in [0.5, 0.6) is 0 Å². The number of hydrogen-bond acceptors (Lipinski definition) is 5. The molecule has 2 aromatic rings. The van der Waals surface area contributed by atoms with E-state index in [0.29, 0.717) is 36.2 Å². The monoisotopic (exact) mass is 334 g/mol. The van der Waals surface area contributed by atoms with E-state index in [1.165, 1.54) is 9.13 Å². The van der Waals surface area contributed by atoms with Crippen LogP contribution in [-0.4, -0.2) is 50.3 Å². The Balaban J connectivity index is 1.86. The van der Waals surface area contributed by atoms with Gasteiger partial charge in [-0.1, -0.05) is 6.42 Å². The van der Waals surface area contributed by atoms with E-state index in [2.05, 4.69) is 36.2 Å². The largest absolute Gasteiger partial charge is 0.354 e. The molecular formula is C16H26N6O2. The van der Waals surface area contributed by atoms with E-state index < -0.39 is 0 Å². The first-order chi connectivity index (χ1) is 11.4. The van der Waals surface area contributed by atoms with Crippen molar-refractivity contribution in [3.05, 3.63) is 20.8 Å². The van der Waals surface area contributed by atoms with Gasteiger partial charge in [0, 0.05) is 32.7 Å². The van der Waals surface area contributed by atoms with E-state index in [1.807, 2.05) is 4.57 Å². The summed E-state index contributed by atoms with van der Waals surface area (Å²) in [4.78, 5) is 31.9. The molecule has 0 radical (unpaired) electrons. The SMILES string of the molecule is C[C@@H](CCCCn1c(=O)c2c(nc3n2CCN3)n(C)c1=O)N(C)C. The minimum absolute atomic E-state index is 0.226. The normalized spacial score (nSPS) is 15.0. The van der Waals surface area contributed by atoms with Crippen LogP contribution in [0.1, 0.15) is 26.2 Å². The Kier molecular flexibility index (Phi) is 4.49. The van der Waals surface area contributed by atoms with Crippen LogP contribution in [0.3, 0.4) is 0 Å². The third kappa shape index (κ3) is 2.75. The maximum atomic E-state index is 12.8. The molecule has 0 aromatic carbocycles. The van der Waals surface area contributed by atoms with Crippen LogP contribution in [0.4, 0.5) is 5.95 Å². The van der Waals surface area contributed by atoms with Gasteiger partial charge in [-0.3, -0.25) is 13.9 Å². The maximum Gasteiger partial charge on any atom is 0.332 e. The van der Waals surface area contributed by atoms with E-state index in [9.17, 15) is 9.59 Å². The molecule has 0 aliphatic carbocycles. The Labute approximate surface area is 140 Å². The number of aryl methyl sites for hydroxylation is 1. The van der Waals surface area contributed by atoms with E-state index in [0.717, 1.165) is 25.8 Å². The highest BCUT2D eigenvalue weighted by Crippen LogP contribution is 2.19. The van der Waals surface area contributed by atoms with E-state index in [4.69, 9.17) is 0 Å². The topological polar surface area (TPSA) is 77.1 Å². The standard InChI is InChI=1S/C16H26N6O2/c1-11(19(2)3)7-5-6-9-22-14(23)12-13(20(4)16(22)24)18-15-17-8-10-21(12)15/h11H,5-10H2,1-4H3,(H,17,18)/t11-/m0/s1. The molecule has 1 N–H and O–H groups in total. The Bertz CT molecular complexity index is 860. The van der Waals surface area contributed by atoms with Gasteiger partial charge < -0.3 is 14.8 Å². The number of nitrogens with zero attached hydrogens (tertiary/aromatic N) is 5. The van der Waals surface area contributed by atoms with Gasteiger partial charge in [0.1, 0.15) is 0 Å². The number of imidazole rings is 1. The van der Waals surface area contributed by atoms with Crippen molar-refractivity contribution in [2.24, 2.45) is 7.05 Å². The van der Waals surface area contributed by atoms with Gasteiger partial charge in [0.05, 0.1) is 0 Å². The van der Waals surface area contributed by atoms with Gasteiger partial charge in [-0.05, 0) is 33.9 Å². The van der Waals surface area contributed by atoms with Crippen molar-refractivity contribution < 1.29 is 0 Å². The quantitative estimate of drug-likeness (QED) is 0.776. The summed E-state index contributed by atoms with van der Waals surface area (Å²) in [5, 5.41) is 3.14. The molecule has 132 valence electrons. The molecule has 0 unspecified atom stereocenters. The van der Waals surface area contributed by atoms with Crippen molar-refractivity contribution in [1.82, 2.24) is 23.6 Å². The molecule has 1 aliphatic rings. The fourth-order valence-electron chi connectivity index (χ4n) is 3.17. The second-order valence-corrected chi connectivity index (χ2v) is 6.79. The Morgan fingerprint density at radius 3 is 2.75 bits per heavy atom. The first-order valence-corrected chi connectivity index (χ1v) is 8.52. The Hall–Kier alpha value is -2.09. The summed E-state index contributed by atoms with van der Waals surface area (Å²) in [5.41, 5.74) is 0.476. The Morgan fingerprint density at radius 1 is 1.29 bits per heavy atom. The predicted molar refractivity (Wildman–Crippen MR) is 94.7 cm³/mol. The second-order valence-electron chi connectivity index (χ2n) is 6.79. The molecule has 0 bridgehead atoms. The van der Waals surface area contributed by atoms with Crippen molar-refractivity contribution in [2.75, 3.05) is 26.0 Å². The molecule has 0 spiro atoms. The molecule has 0 amide bonds. The van der Waals surface area contributed by atoms with Crippen molar-refractivity contribution >= 4 is 17.1 Å². The summed E-state index contributed by atoms with van der Waals surface area (Å²) in [5.74, 6) is 0.676. The summed E-state index contributed by atoms with van der Waals surface area (Å²) in [6.07, 6.45) is 2.85. The van der Waals surface area contributed by atoms with Gasteiger partial charge in [0.15, 0.2) is 11.2 Å². The van der Waals surface area contributed by atoms with Gasteiger partial charge in [0.25, 0.3) is 5.56 Å². The zero-order chi connectivity index (χ0) is 17.4. The van der Waals surface area contributed by atoms with Gasteiger partial charge in [-0.2, -0.15) is 4.98 Å². The van der Waals surface area contributed by atoms with Crippen LogP contribution < -0.4 is 16.6 Å². The fraction of sp³-hybridized carbons (Fsp3) is 0.688. The second kappa shape index (κ2) is 6.43. The highest BCUT2D eigenvalue weighted by Gasteiger charge is 2.22. The maximum absolute atomic E-state index is 12.8. The summed E-state index contributed by atoms with van der Waals surface area (Å²) in [6, 6.07) is 0.496. The van der Waals surface area contributed by atoms with Crippen molar-refractivity contribution in [2.45, 2.75) is 45.3 Å². The van der Waals surface area contributed by atoms with E-state index in [-0.39, 0.29) is 11.2 Å². The predicted octanol–water partition coefficient (Wildman–Crippen LogP) is 0.443. The minimum Gasteiger partial charge on any atom is -0.354 e. The zero-order valence-electron chi connectivity index (χ0n) is 14.9. The number of unbranched alkanes of at least 4 members (excludes halogenated alkanes) is 1. The van der Waals surface area contributed by atoms with E-state index >= 15 is 0 Å². The molecule has 8 heteroatoms. The molecule has 3 heterocycles. The van der Waals surface area contributed by atoms with Crippen molar-refractivity contribution in [1.29, 1.82) is 0 Å². The number of nitrogens with one attached hydrogen (secondary N) is 1. The van der Waals surface area contributed by atoms with Gasteiger partial charge in [-0.15, -0.1) is 0 Å². The number of aromatic nitrogens is 4. The fourth-order valence-corrected chi connectivity index (χ4v) is 3.17. The first kappa shape index (κ1) is 16.8. The molecule has 8 nitrogen and oxygen atoms in total. The summed E-state index contributed by atoms with van der Waals surface area (Å²) < 4.78 is 4.71. The van der Waals surface area contributed by atoms with Gasteiger partial charge in [0.2, 0.25) is 5.95 Å². The number of anilines is 1. The summed E-state index contributed by atoms with van der Waals surface area (Å²) in [7, 11) is 5.80.